The third kappa shape index (κ3) is 2.29. The molecule has 0 unspecified atom stereocenters. The standard InChI is InChI=1S/C10H10N4O.C6H4/c1-7-9(12-11)10(15)14(13-7)8-5-3-2-4-6-8;1-2-6-4-3-5(1)6/h2-6,11,13H,1H3;1-4H. The van der Waals surface area contributed by atoms with E-state index in [2.05, 4.69) is 34.5 Å². The molecule has 21 heavy (non-hydrogen) atoms. The number of benzene rings is 2. The monoisotopic (exact) mass is 278 g/mol. The average Bonchev–Trinajstić information content (AvgIpc) is 2.79. The van der Waals surface area contributed by atoms with Crippen molar-refractivity contribution in [3.05, 3.63) is 70.6 Å². The van der Waals surface area contributed by atoms with Crippen LogP contribution in [-0.4, -0.2) is 9.78 Å². The summed E-state index contributed by atoms with van der Waals surface area (Å²) in [4.78, 5) is 11.7. The number of rotatable bonds is 2. The number of nitrogens with one attached hydrogen (secondary N) is 2. The van der Waals surface area contributed by atoms with E-state index in [0.29, 0.717) is 5.69 Å². The maximum atomic E-state index is 11.7. The SMILES string of the molecule is Cc1[nH]n(-c2ccccc2)c(=O)c1N=N.c1cc2ccc1-2. The number of fused-ring (bicyclic) bond motifs is 1. The minimum Gasteiger partial charge on any atom is -0.293 e. The highest BCUT2D eigenvalue weighted by Gasteiger charge is 2.10. The number of aryl methyl sites for hydroxylation is 1. The van der Waals surface area contributed by atoms with Crippen molar-refractivity contribution in [1.82, 2.24) is 9.78 Å². The molecule has 1 aromatic heterocycles. The average molecular weight is 278 g/mol. The lowest BCUT2D eigenvalue weighted by atomic mass is 9.95. The van der Waals surface area contributed by atoms with Crippen LogP contribution in [-0.2, 0) is 0 Å². The molecule has 2 aromatic rings. The molecule has 0 aliphatic heterocycles. The molecule has 0 amide bonds. The third-order valence-electron chi connectivity index (χ3n) is 3.38. The van der Waals surface area contributed by atoms with E-state index in [1.807, 2.05) is 30.3 Å². The highest BCUT2D eigenvalue weighted by Crippen LogP contribution is 2.29. The Hall–Kier alpha value is -2.95. The van der Waals surface area contributed by atoms with Gasteiger partial charge in [0, 0.05) is 0 Å². The van der Waals surface area contributed by atoms with Crippen LogP contribution in [0, 0.1) is 12.5 Å². The van der Waals surface area contributed by atoms with Crippen LogP contribution in [0.25, 0.3) is 16.8 Å². The lowest BCUT2D eigenvalue weighted by Crippen LogP contribution is -2.13. The molecule has 0 atom stereocenters. The number of hydrogen-bond acceptors (Lipinski definition) is 3. The predicted molar refractivity (Wildman–Crippen MR) is 81.4 cm³/mol. The molecule has 0 spiro atoms. The van der Waals surface area contributed by atoms with Gasteiger partial charge >= 0.3 is 0 Å². The summed E-state index contributed by atoms with van der Waals surface area (Å²) >= 11 is 0. The van der Waals surface area contributed by atoms with Crippen molar-refractivity contribution < 1.29 is 0 Å². The second-order valence-corrected chi connectivity index (χ2v) is 4.75. The zero-order valence-electron chi connectivity index (χ0n) is 11.5. The molecule has 0 fully saturated rings. The summed E-state index contributed by atoms with van der Waals surface area (Å²) in [7, 11) is 0. The van der Waals surface area contributed by atoms with Gasteiger partial charge in [-0.2, -0.15) is 5.11 Å². The summed E-state index contributed by atoms with van der Waals surface area (Å²) in [6.07, 6.45) is 0. The number of nitrogens with zero attached hydrogens (tertiary/aromatic N) is 2. The first-order chi connectivity index (χ1) is 10.2. The topological polar surface area (TPSA) is 74.0 Å². The minimum atomic E-state index is -0.297. The van der Waals surface area contributed by atoms with Gasteiger partial charge in [0.25, 0.3) is 5.56 Å². The lowest BCUT2D eigenvalue weighted by molar-refractivity contribution is 0.835. The maximum absolute atomic E-state index is 11.7. The third-order valence-corrected chi connectivity index (χ3v) is 3.38. The van der Waals surface area contributed by atoms with E-state index in [0.717, 1.165) is 5.69 Å². The van der Waals surface area contributed by atoms with Gasteiger partial charge in [0.2, 0.25) is 0 Å². The largest absolute Gasteiger partial charge is 0.299 e. The van der Waals surface area contributed by atoms with E-state index < -0.39 is 0 Å². The van der Waals surface area contributed by atoms with Gasteiger partial charge in [-0.3, -0.25) is 9.89 Å². The van der Waals surface area contributed by atoms with Gasteiger partial charge < -0.3 is 0 Å². The van der Waals surface area contributed by atoms with Crippen LogP contribution in [0.4, 0.5) is 5.69 Å². The number of aromatic amines is 1. The Morgan fingerprint density at radius 1 is 1.00 bits per heavy atom. The summed E-state index contributed by atoms with van der Waals surface area (Å²) in [5.74, 6) is 0. The van der Waals surface area contributed by atoms with E-state index in [-0.39, 0.29) is 11.2 Å². The molecule has 0 bridgehead atoms. The molecular formula is C16H14N4O. The summed E-state index contributed by atoms with van der Waals surface area (Å²) in [6.45, 7) is 1.72. The predicted octanol–water partition coefficient (Wildman–Crippen LogP) is 3.80. The van der Waals surface area contributed by atoms with Crippen molar-refractivity contribution in [3.8, 4) is 16.8 Å². The van der Waals surface area contributed by atoms with Crippen LogP contribution in [0.2, 0.25) is 0 Å². The Balaban J connectivity index is 0.000000180. The molecule has 1 aromatic carbocycles. The molecular weight excluding hydrogens is 264 g/mol. The van der Waals surface area contributed by atoms with Gasteiger partial charge in [-0.15, -0.1) is 0 Å². The summed E-state index contributed by atoms with van der Waals surface area (Å²) < 4.78 is 1.38. The maximum Gasteiger partial charge on any atom is 0.299 e. The molecule has 0 saturated heterocycles. The van der Waals surface area contributed by atoms with Crippen molar-refractivity contribution in [2.45, 2.75) is 6.92 Å². The van der Waals surface area contributed by atoms with Crippen LogP contribution in [0.3, 0.4) is 0 Å². The van der Waals surface area contributed by atoms with Crippen molar-refractivity contribution in [2.75, 3.05) is 0 Å². The summed E-state index contributed by atoms with van der Waals surface area (Å²) in [5.41, 5.74) is 10.9. The van der Waals surface area contributed by atoms with E-state index in [4.69, 9.17) is 5.53 Å². The second-order valence-electron chi connectivity index (χ2n) is 4.75. The normalized spacial score (nSPS) is 10.5. The van der Waals surface area contributed by atoms with Crippen LogP contribution in [0.1, 0.15) is 5.69 Å². The molecule has 104 valence electrons. The molecule has 1 heterocycles. The highest BCUT2D eigenvalue weighted by molar-refractivity contribution is 5.75. The Labute approximate surface area is 121 Å². The zero-order chi connectivity index (χ0) is 14.8. The molecule has 4 rings (SSSR count). The van der Waals surface area contributed by atoms with Crippen molar-refractivity contribution in [1.29, 1.82) is 5.53 Å². The molecule has 0 radical (unpaired) electrons. The minimum absolute atomic E-state index is 0.152. The van der Waals surface area contributed by atoms with Gasteiger partial charge in [-0.05, 0) is 30.2 Å². The van der Waals surface area contributed by atoms with Crippen molar-refractivity contribution in [2.24, 2.45) is 5.11 Å². The highest BCUT2D eigenvalue weighted by atomic mass is 16.1. The molecule has 5 nitrogen and oxygen atoms in total. The lowest BCUT2D eigenvalue weighted by Gasteiger charge is -2.10. The van der Waals surface area contributed by atoms with E-state index in [1.54, 1.807) is 6.92 Å². The number of hydrogen-bond donors (Lipinski definition) is 2. The van der Waals surface area contributed by atoms with E-state index in [1.165, 1.54) is 15.8 Å². The molecule has 2 aliphatic rings. The molecule has 2 aliphatic carbocycles. The van der Waals surface area contributed by atoms with Gasteiger partial charge in [0.05, 0.1) is 11.4 Å². The Morgan fingerprint density at radius 3 is 1.95 bits per heavy atom. The first kappa shape index (κ1) is 13.1. The molecule has 5 heteroatoms. The van der Waals surface area contributed by atoms with Crippen LogP contribution in [0.15, 0.2) is 64.5 Å². The Morgan fingerprint density at radius 2 is 1.57 bits per heavy atom. The number of H-pyrrole nitrogens is 1. The number of para-hydroxylation sites is 1. The van der Waals surface area contributed by atoms with Gasteiger partial charge in [0.15, 0.2) is 5.69 Å². The summed E-state index contributed by atoms with van der Waals surface area (Å²) in [6, 6.07) is 17.7. The molecule has 0 saturated carbocycles. The smallest absolute Gasteiger partial charge is 0.293 e. The van der Waals surface area contributed by atoms with E-state index in [9.17, 15) is 4.79 Å². The molecule has 2 N–H and O–H groups in total. The fourth-order valence-corrected chi connectivity index (χ4v) is 2.09. The first-order valence-corrected chi connectivity index (χ1v) is 6.55. The quantitative estimate of drug-likeness (QED) is 0.538. The fraction of sp³-hybridized carbons (Fsp3) is 0.0625. The second kappa shape index (κ2) is 5.20. The van der Waals surface area contributed by atoms with E-state index >= 15 is 0 Å². The van der Waals surface area contributed by atoms with Gasteiger partial charge in [-0.1, -0.05) is 42.5 Å². The van der Waals surface area contributed by atoms with Crippen LogP contribution in [0.5, 0.6) is 0 Å². The van der Waals surface area contributed by atoms with Gasteiger partial charge in [0.1, 0.15) is 0 Å². The number of aromatic nitrogens is 2. The van der Waals surface area contributed by atoms with Crippen molar-refractivity contribution in [3.63, 3.8) is 0 Å². The Bertz CT molecular complexity index is 808. The van der Waals surface area contributed by atoms with Crippen LogP contribution < -0.4 is 5.56 Å². The van der Waals surface area contributed by atoms with Gasteiger partial charge in [-0.25, -0.2) is 10.2 Å². The Kier molecular flexibility index (Phi) is 3.23. The van der Waals surface area contributed by atoms with Crippen LogP contribution >= 0.6 is 0 Å². The summed E-state index contributed by atoms with van der Waals surface area (Å²) in [5, 5.41) is 6.07. The first-order valence-electron chi connectivity index (χ1n) is 6.55. The van der Waals surface area contributed by atoms with Crippen molar-refractivity contribution >= 4 is 5.69 Å². The fourth-order valence-electron chi connectivity index (χ4n) is 2.09. The zero-order valence-corrected chi connectivity index (χ0v) is 11.5.